The van der Waals surface area contributed by atoms with Gasteiger partial charge in [-0.15, -0.1) is 0 Å². The summed E-state index contributed by atoms with van der Waals surface area (Å²) in [6, 6.07) is 11.4. The third kappa shape index (κ3) is 3.46. The number of pyridine rings is 1. The Morgan fingerprint density at radius 1 is 1.29 bits per heavy atom. The van der Waals surface area contributed by atoms with Crippen molar-refractivity contribution in [2.45, 2.75) is 25.9 Å². The molecule has 1 aliphatic heterocycles. The second-order valence-corrected chi connectivity index (χ2v) is 6.39. The second kappa shape index (κ2) is 7.77. The van der Waals surface area contributed by atoms with Gasteiger partial charge in [0.15, 0.2) is 11.6 Å². The Balaban J connectivity index is 1.74. The normalized spacial score (nSPS) is 16.2. The number of hydrogen-bond acceptors (Lipinski definition) is 6. The number of esters is 1. The molecule has 3 heterocycles. The lowest BCUT2D eigenvalue weighted by atomic mass is 10.2. The Morgan fingerprint density at radius 3 is 2.93 bits per heavy atom. The first-order chi connectivity index (χ1) is 13.7. The lowest BCUT2D eigenvalue weighted by Crippen LogP contribution is -2.29. The maximum Gasteiger partial charge on any atom is 0.343 e. The van der Waals surface area contributed by atoms with E-state index in [-0.39, 0.29) is 23.9 Å². The van der Waals surface area contributed by atoms with Crippen molar-refractivity contribution in [3.05, 3.63) is 48.2 Å². The average molecular weight is 380 g/mol. The minimum atomic E-state index is -0.558. The predicted molar refractivity (Wildman–Crippen MR) is 102 cm³/mol. The Labute approximate surface area is 161 Å². The van der Waals surface area contributed by atoms with Crippen molar-refractivity contribution in [1.82, 2.24) is 14.8 Å². The highest BCUT2D eigenvalue weighted by Gasteiger charge is 2.28. The number of para-hydroxylation sites is 1. The minimum absolute atomic E-state index is 0.170. The van der Waals surface area contributed by atoms with Gasteiger partial charge in [-0.3, -0.25) is 4.79 Å². The van der Waals surface area contributed by atoms with Gasteiger partial charge in [-0.05, 0) is 38.0 Å². The van der Waals surface area contributed by atoms with E-state index in [4.69, 9.17) is 9.47 Å². The van der Waals surface area contributed by atoms with Gasteiger partial charge in [-0.2, -0.15) is 9.78 Å². The van der Waals surface area contributed by atoms with Crippen LogP contribution in [0.25, 0.3) is 16.7 Å². The average Bonchev–Trinajstić information content (AvgIpc) is 3.38. The molecule has 1 aromatic carbocycles. The number of aromatic nitrogens is 3. The summed E-state index contributed by atoms with van der Waals surface area (Å²) in [7, 11) is 0. The van der Waals surface area contributed by atoms with Crippen LogP contribution in [-0.4, -0.2) is 46.0 Å². The molecule has 1 N–H and O–H groups in total. The number of fused-ring (bicyclic) bond motifs is 1. The lowest BCUT2D eigenvalue weighted by molar-refractivity contribution is -0.124. The van der Waals surface area contributed by atoms with E-state index in [0.29, 0.717) is 18.8 Å². The monoisotopic (exact) mass is 380 g/mol. The Bertz CT molecular complexity index is 1020. The van der Waals surface area contributed by atoms with Crippen LogP contribution in [0.2, 0.25) is 0 Å². The van der Waals surface area contributed by atoms with Gasteiger partial charge in [0.1, 0.15) is 11.7 Å². The molecule has 2 aromatic heterocycles. The van der Waals surface area contributed by atoms with Gasteiger partial charge in [-0.25, -0.2) is 9.78 Å². The fourth-order valence-electron chi connectivity index (χ4n) is 3.16. The first-order valence-corrected chi connectivity index (χ1v) is 9.21. The molecule has 1 saturated heterocycles. The summed E-state index contributed by atoms with van der Waals surface area (Å²) in [6.45, 7) is 2.49. The van der Waals surface area contributed by atoms with Crippen LogP contribution in [0, 0.1) is 0 Å². The van der Waals surface area contributed by atoms with Crippen molar-refractivity contribution in [3.63, 3.8) is 0 Å². The summed E-state index contributed by atoms with van der Waals surface area (Å²) in [5.41, 5.74) is 0.952. The maximum absolute atomic E-state index is 12.6. The number of ether oxygens (including phenoxy) is 2. The molecule has 8 nitrogen and oxygen atoms in total. The molecular formula is C20H20N4O4. The van der Waals surface area contributed by atoms with Crippen LogP contribution in [0.15, 0.2) is 42.6 Å². The maximum atomic E-state index is 12.6. The largest absolute Gasteiger partial charge is 0.462 e. The van der Waals surface area contributed by atoms with E-state index in [1.165, 1.54) is 10.9 Å². The van der Waals surface area contributed by atoms with Gasteiger partial charge >= 0.3 is 5.97 Å². The molecule has 1 amide bonds. The van der Waals surface area contributed by atoms with Crippen LogP contribution in [0.3, 0.4) is 0 Å². The number of carbonyl (C=O) groups excluding carboxylic acids is 2. The molecule has 0 radical (unpaired) electrons. The van der Waals surface area contributed by atoms with Crippen molar-refractivity contribution in [3.8, 4) is 5.82 Å². The van der Waals surface area contributed by atoms with Gasteiger partial charge in [0.25, 0.3) is 5.91 Å². The molecule has 28 heavy (non-hydrogen) atoms. The fourth-order valence-corrected chi connectivity index (χ4v) is 3.16. The highest BCUT2D eigenvalue weighted by atomic mass is 16.5. The molecule has 1 atom stereocenters. The van der Waals surface area contributed by atoms with Crippen molar-refractivity contribution in [1.29, 1.82) is 0 Å². The van der Waals surface area contributed by atoms with Crippen molar-refractivity contribution in [2.24, 2.45) is 0 Å². The minimum Gasteiger partial charge on any atom is -0.462 e. The fraction of sp³-hybridized carbons (Fsp3) is 0.300. The number of anilines is 1. The van der Waals surface area contributed by atoms with E-state index < -0.39 is 12.1 Å². The van der Waals surface area contributed by atoms with E-state index in [9.17, 15) is 9.59 Å². The van der Waals surface area contributed by atoms with Gasteiger partial charge in [-0.1, -0.05) is 18.2 Å². The predicted octanol–water partition coefficient (Wildman–Crippen LogP) is 2.71. The summed E-state index contributed by atoms with van der Waals surface area (Å²) >= 11 is 0. The number of amides is 1. The quantitative estimate of drug-likeness (QED) is 0.684. The van der Waals surface area contributed by atoms with Crippen LogP contribution < -0.4 is 5.32 Å². The molecule has 0 spiro atoms. The van der Waals surface area contributed by atoms with Gasteiger partial charge in [0.2, 0.25) is 0 Å². The Morgan fingerprint density at radius 2 is 2.14 bits per heavy atom. The van der Waals surface area contributed by atoms with Crippen molar-refractivity contribution in [2.75, 3.05) is 18.5 Å². The van der Waals surface area contributed by atoms with Crippen LogP contribution in [0.5, 0.6) is 0 Å². The number of benzene rings is 1. The zero-order valence-electron chi connectivity index (χ0n) is 15.4. The van der Waals surface area contributed by atoms with Crippen LogP contribution in [0.4, 0.5) is 5.82 Å². The molecule has 0 saturated carbocycles. The molecule has 144 valence electrons. The standard InChI is InChI=1S/C20H20N4O4/c1-2-27-20(26)14-12-21-24(18(14)23-19(25)16-8-5-11-28-16)17-10-9-13-6-3-4-7-15(13)22-17/h3-4,6-7,9-10,12,16H,2,5,8,11H2,1H3,(H,23,25). The van der Waals surface area contributed by atoms with E-state index in [2.05, 4.69) is 15.4 Å². The molecular weight excluding hydrogens is 360 g/mol. The summed E-state index contributed by atoms with van der Waals surface area (Å²) in [6.07, 6.45) is 2.31. The number of carbonyl (C=O) groups is 2. The van der Waals surface area contributed by atoms with Crippen LogP contribution >= 0.6 is 0 Å². The number of hydrogen-bond donors (Lipinski definition) is 1. The summed E-state index contributed by atoms with van der Waals surface area (Å²) < 4.78 is 12.0. The van der Waals surface area contributed by atoms with E-state index >= 15 is 0 Å². The zero-order chi connectivity index (χ0) is 19.5. The van der Waals surface area contributed by atoms with Gasteiger partial charge in [0.05, 0.1) is 18.3 Å². The van der Waals surface area contributed by atoms with Crippen LogP contribution in [-0.2, 0) is 14.3 Å². The first-order valence-electron chi connectivity index (χ1n) is 9.21. The SMILES string of the molecule is CCOC(=O)c1cnn(-c2ccc3ccccc3n2)c1NC(=O)C1CCCO1. The van der Waals surface area contributed by atoms with Gasteiger partial charge < -0.3 is 14.8 Å². The molecule has 3 aromatic rings. The highest BCUT2D eigenvalue weighted by Crippen LogP contribution is 2.24. The zero-order valence-corrected chi connectivity index (χ0v) is 15.4. The van der Waals surface area contributed by atoms with E-state index in [0.717, 1.165) is 17.3 Å². The first kappa shape index (κ1) is 18.1. The lowest BCUT2D eigenvalue weighted by Gasteiger charge is -2.13. The summed E-state index contributed by atoms with van der Waals surface area (Å²) in [5, 5.41) is 8.04. The third-order valence-corrected chi connectivity index (χ3v) is 4.53. The molecule has 8 heteroatoms. The Hall–Kier alpha value is -3.26. The van der Waals surface area contributed by atoms with Crippen LogP contribution in [0.1, 0.15) is 30.1 Å². The highest BCUT2D eigenvalue weighted by molar-refractivity contribution is 6.01. The Kier molecular flexibility index (Phi) is 5.03. The number of nitrogens with one attached hydrogen (secondary N) is 1. The van der Waals surface area contributed by atoms with Gasteiger partial charge in [0, 0.05) is 12.0 Å². The molecule has 0 bridgehead atoms. The van der Waals surface area contributed by atoms with E-state index in [1.54, 1.807) is 13.0 Å². The molecule has 4 rings (SSSR count). The van der Waals surface area contributed by atoms with E-state index in [1.807, 2.05) is 30.3 Å². The second-order valence-electron chi connectivity index (χ2n) is 6.39. The third-order valence-electron chi connectivity index (χ3n) is 4.53. The van der Waals surface area contributed by atoms with Crippen molar-refractivity contribution >= 4 is 28.6 Å². The smallest absolute Gasteiger partial charge is 0.343 e. The molecule has 1 aliphatic rings. The number of rotatable bonds is 5. The molecule has 1 unspecified atom stereocenters. The topological polar surface area (TPSA) is 95.3 Å². The van der Waals surface area contributed by atoms with Crippen molar-refractivity contribution < 1.29 is 19.1 Å². The molecule has 0 aliphatic carbocycles. The summed E-state index contributed by atoms with van der Waals surface area (Å²) in [4.78, 5) is 29.5. The number of nitrogens with zero attached hydrogens (tertiary/aromatic N) is 3. The molecule has 1 fully saturated rings. The summed E-state index contributed by atoms with van der Waals surface area (Å²) in [5.74, 6) is -0.165.